The third kappa shape index (κ3) is 5.85. The number of rotatable bonds is 13. The predicted molar refractivity (Wildman–Crippen MR) is 136 cm³/mol. The molecular formula is C25H41N5O3S. The Labute approximate surface area is 205 Å². The van der Waals surface area contributed by atoms with Gasteiger partial charge >= 0.3 is 5.97 Å². The topological polar surface area (TPSA) is 84.1 Å². The molecule has 34 heavy (non-hydrogen) atoms. The molecule has 0 aliphatic heterocycles. The summed E-state index contributed by atoms with van der Waals surface area (Å²) in [6.07, 6.45) is 13.4. The maximum absolute atomic E-state index is 13.4. The first-order valence-corrected chi connectivity index (χ1v) is 15.6. The molecule has 0 bridgehead atoms. The summed E-state index contributed by atoms with van der Waals surface area (Å²) >= 11 is 0. The van der Waals surface area contributed by atoms with Crippen molar-refractivity contribution in [2.24, 2.45) is 17.8 Å². The summed E-state index contributed by atoms with van der Waals surface area (Å²) in [5.41, 5.74) is 0.885. The van der Waals surface area contributed by atoms with Gasteiger partial charge in [-0.25, -0.2) is 10.0 Å². The molecule has 4 rings (SSSR count). The van der Waals surface area contributed by atoms with Crippen LogP contribution in [-0.2, 0) is 21.0 Å². The third-order valence-corrected chi connectivity index (χ3v) is 8.16. The molecule has 0 spiro atoms. The second kappa shape index (κ2) is 10.4. The molecule has 0 aromatic carbocycles. The van der Waals surface area contributed by atoms with Crippen molar-refractivity contribution >= 4 is 16.0 Å². The van der Waals surface area contributed by atoms with E-state index in [4.69, 9.17) is 9.47 Å². The van der Waals surface area contributed by atoms with Crippen LogP contribution in [0.15, 0.2) is 12.3 Å². The SMILES string of the molecule is CCOC(=O)C(c1nnc(-c2ccnn2C(C)C)n1COCCS(C)(C)C)C(C1CC1)C1CC1. The lowest BCUT2D eigenvalue weighted by atomic mass is 9.83. The molecular weight excluding hydrogens is 450 g/mol. The van der Waals surface area contributed by atoms with Gasteiger partial charge in [-0.2, -0.15) is 5.10 Å². The first-order chi connectivity index (χ1) is 16.2. The number of hydrogen-bond donors (Lipinski definition) is 0. The van der Waals surface area contributed by atoms with E-state index in [1.54, 1.807) is 6.20 Å². The van der Waals surface area contributed by atoms with Crippen molar-refractivity contribution in [2.45, 2.75) is 65.1 Å². The van der Waals surface area contributed by atoms with E-state index in [9.17, 15) is 4.79 Å². The van der Waals surface area contributed by atoms with Crippen LogP contribution in [0.2, 0.25) is 0 Å². The number of carbonyl (C=O) groups excluding carboxylic acids is 1. The third-order valence-electron chi connectivity index (χ3n) is 6.76. The van der Waals surface area contributed by atoms with E-state index in [-0.39, 0.29) is 17.9 Å². The minimum Gasteiger partial charge on any atom is -0.465 e. The minimum absolute atomic E-state index is 0.176. The molecule has 0 N–H and O–H groups in total. The zero-order chi connectivity index (χ0) is 24.5. The van der Waals surface area contributed by atoms with Gasteiger partial charge in [0.2, 0.25) is 0 Å². The first-order valence-electron chi connectivity index (χ1n) is 12.6. The number of nitrogens with zero attached hydrogens (tertiary/aromatic N) is 5. The Balaban J connectivity index is 1.72. The van der Waals surface area contributed by atoms with Crippen molar-refractivity contribution in [3.05, 3.63) is 18.1 Å². The number of esters is 1. The van der Waals surface area contributed by atoms with Crippen LogP contribution in [0.3, 0.4) is 0 Å². The number of aromatic nitrogens is 5. The normalized spacial score (nSPS) is 18.0. The van der Waals surface area contributed by atoms with Crippen LogP contribution >= 0.6 is 10.0 Å². The van der Waals surface area contributed by atoms with E-state index < -0.39 is 15.9 Å². The molecule has 2 saturated carbocycles. The lowest BCUT2D eigenvalue weighted by molar-refractivity contribution is -0.147. The Bertz CT molecular complexity index is 960. The van der Waals surface area contributed by atoms with Gasteiger partial charge < -0.3 is 9.47 Å². The van der Waals surface area contributed by atoms with Crippen molar-refractivity contribution in [3.8, 4) is 11.5 Å². The first kappa shape index (κ1) is 25.2. The second-order valence-electron chi connectivity index (χ2n) is 10.9. The standard InChI is InChI=1S/C25H41N5O3S/c1-7-33-25(31)22(21(18-8-9-18)19-10-11-19)24-28-27-23(20-12-13-26-30(20)17(2)3)29(24)16-32-14-15-34(4,5)6/h12-13,17-19,21-22H,7-11,14-16H2,1-6H3. The highest BCUT2D eigenvalue weighted by atomic mass is 32.3. The highest BCUT2D eigenvalue weighted by molar-refractivity contribution is 8.32. The summed E-state index contributed by atoms with van der Waals surface area (Å²) in [6.45, 7) is 7.40. The van der Waals surface area contributed by atoms with Crippen molar-refractivity contribution in [1.29, 1.82) is 0 Å². The molecule has 2 heterocycles. The Kier molecular flexibility index (Phi) is 7.72. The second-order valence-corrected chi connectivity index (χ2v) is 15.5. The maximum Gasteiger partial charge on any atom is 0.317 e. The average molecular weight is 492 g/mol. The highest BCUT2D eigenvalue weighted by Gasteiger charge is 2.50. The monoisotopic (exact) mass is 491 g/mol. The van der Waals surface area contributed by atoms with Crippen LogP contribution in [0.4, 0.5) is 0 Å². The molecule has 2 aliphatic rings. The van der Waals surface area contributed by atoms with Crippen molar-refractivity contribution in [1.82, 2.24) is 24.5 Å². The van der Waals surface area contributed by atoms with Crippen LogP contribution in [0, 0.1) is 17.8 Å². The van der Waals surface area contributed by atoms with Gasteiger partial charge in [0, 0.05) is 18.0 Å². The van der Waals surface area contributed by atoms with Crippen LogP contribution in [0.5, 0.6) is 0 Å². The smallest absolute Gasteiger partial charge is 0.317 e. The number of ether oxygens (including phenoxy) is 2. The Morgan fingerprint density at radius 2 is 1.82 bits per heavy atom. The Morgan fingerprint density at radius 1 is 1.15 bits per heavy atom. The molecule has 2 fully saturated rings. The summed E-state index contributed by atoms with van der Waals surface area (Å²) in [5, 5.41) is 13.7. The molecule has 0 saturated heterocycles. The zero-order valence-electron chi connectivity index (χ0n) is 21.6. The fraction of sp³-hybridized carbons (Fsp3) is 0.760. The van der Waals surface area contributed by atoms with Gasteiger partial charge in [-0.05, 0) is 89.0 Å². The van der Waals surface area contributed by atoms with Gasteiger partial charge in [0.05, 0.1) is 13.2 Å². The molecule has 0 radical (unpaired) electrons. The van der Waals surface area contributed by atoms with Crippen molar-refractivity contribution in [3.63, 3.8) is 0 Å². The fourth-order valence-electron chi connectivity index (χ4n) is 4.79. The molecule has 2 aromatic rings. The summed E-state index contributed by atoms with van der Waals surface area (Å²) in [6, 6.07) is 2.14. The molecule has 9 heteroatoms. The van der Waals surface area contributed by atoms with Gasteiger partial charge in [-0.1, -0.05) is 0 Å². The van der Waals surface area contributed by atoms with Crippen LogP contribution in [-0.4, -0.2) is 68.2 Å². The lowest BCUT2D eigenvalue weighted by Gasteiger charge is -2.27. The van der Waals surface area contributed by atoms with Crippen LogP contribution in [0.1, 0.15) is 64.2 Å². The number of carbonyl (C=O) groups is 1. The summed E-state index contributed by atoms with van der Waals surface area (Å²) in [5.74, 6) is 3.23. The molecule has 8 nitrogen and oxygen atoms in total. The van der Waals surface area contributed by atoms with E-state index in [0.29, 0.717) is 43.4 Å². The van der Waals surface area contributed by atoms with E-state index in [0.717, 1.165) is 11.4 Å². The average Bonchev–Trinajstić information content (AvgIpc) is 3.69. The maximum atomic E-state index is 13.4. The van der Waals surface area contributed by atoms with Gasteiger partial charge in [0.1, 0.15) is 24.2 Å². The fourth-order valence-corrected chi connectivity index (χ4v) is 5.41. The van der Waals surface area contributed by atoms with Crippen molar-refractivity contribution in [2.75, 3.05) is 37.7 Å². The highest BCUT2D eigenvalue weighted by Crippen LogP contribution is 2.55. The summed E-state index contributed by atoms with van der Waals surface area (Å²) < 4.78 is 15.7. The molecule has 1 unspecified atom stereocenters. The van der Waals surface area contributed by atoms with Gasteiger partial charge in [-0.3, -0.25) is 14.0 Å². The van der Waals surface area contributed by atoms with Gasteiger partial charge in [0.25, 0.3) is 0 Å². The Morgan fingerprint density at radius 3 is 2.38 bits per heavy atom. The molecule has 2 aliphatic carbocycles. The minimum atomic E-state index is -0.657. The van der Waals surface area contributed by atoms with E-state index >= 15 is 0 Å². The largest absolute Gasteiger partial charge is 0.465 e. The summed E-state index contributed by atoms with van der Waals surface area (Å²) in [4.78, 5) is 13.4. The van der Waals surface area contributed by atoms with Crippen LogP contribution in [0.25, 0.3) is 11.5 Å². The predicted octanol–water partition coefficient (Wildman–Crippen LogP) is 4.47. The molecule has 0 amide bonds. The van der Waals surface area contributed by atoms with Gasteiger partial charge in [-0.15, -0.1) is 10.2 Å². The van der Waals surface area contributed by atoms with Crippen LogP contribution < -0.4 is 0 Å². The van der Waals surface area contributed by atoms with Gasteiger partial charge in [0.15, 0.2) is 5.82 Å². The Hall–Kier alpha value is -1.87. The van der Waals surface area contributed by atoms with E-state index in [2.05, 4.69) is 47.9 Å². The molecule has 190 valence electrons. The quantitative estimate of drug-likeness (QED) is 0.304. The summed E-state index contributed by atoms with van der Waals surface area (Å²) in [7, 11) is -0.657. The van der Waals surface area contributed by atoms with E-state index in [1.165, 1.54) is 25.7 Å². The zero-order valence-corrected chi connectivity index (χ0v) is 22.4. The van der Waals surface area contributed by atoms with Crippen molar-refractivity contribution < 1.29 is 14.3 Å². The molecule has 2 aromatic heterocycles. The lowest BCUT2D eigenvalue weighted by Crippen LogP contribution is -2.30. The molecule has 1 atom stereocenters. The number of hydrogen-bond acceptors (Lipinski definition) is 6. The van der Waals surface area contributed by atoms with E-state index in [1.807, 2.05) is 22.2 Å².